The van der Waals surface area contributed by atoms with E-state index in [0.29, 0.717) is 0 Å². The second-order valence-electron chi connectivity index (χ2n) is 2.78. The van der Waals surface area contributed by atoms with E-state index in [-0.39, 0.29) is 0 Å². The third-order valence-corrected chi connectivity index (χ3v) is 2.09. The summed E-state index contributed by atoms with van der Waals surface area (Å²) in [5.41, 5.74) is 2.85. The van der Waals surface area contributed by atoms with E-state index >= 15 is 0 Å². The maximum absolute atomic E-state index is 2.30. The van der Waals surface area contributed by atoms with Crippen molar-refractivity contribution in [1.29, 1.82) is 0 Å². The molecule has 1 heteroatoms. The van der Waals surface area contributed by atoms with Gasteiger partial charge in [-0.3, -0.25) is 0 Å². The van der Waals surface area contributed by atoms with Gasteiger partial charge in [-0.25, -0.2) is 4.57 Å². The standard InChI is InChI=1S/C10H16N/c1-4-10-9(3)7-6-8-11(10)5-2/h6-8H,4-5H2,1-3H3/q+1. The molecule has 0 spiro atoms. The van der Waals surface area contributed by atoms with Crippen molar-refractivity contribution in [1.82, 2.24) is 0 Å². The predicted octanol–water partition coefficient (Wildman–Crippen LogP) is 1.86. The number of pyridine rings is 1. The van der Waals surface area contributed by atoms with E-state index in [1.54, 1.807) is 0 Å². The fraction of sp³-hybridized carbons (Fsp3) is 0.500. The number of aromatic nitrogens is 1. The van der Waals surface area contributed by atoms with Crippen LogP contribution in [-0.4, -0.2) is 0 Å². The Morgan fingerprint density at radius 3 is 2.55 bits per heavy atom. The Balaban J connectivity index is 3.13. The van der Waals surface area contributed by atoms with Gasteiger partial charge in [0.05, 0.1) is 0 Å². The molecule has 1 aromatic rings. The number of hydrogen-bond donors (Lipinski definition) is 0. The summed E-state index contributed by atoms with van der Waals surface area (Å²) >= 11 is 0. The van der Waals surface area contributed by atoms with Gasteiger partial charge in [0, 0.05) is 18.1 Å². The van der Waals surface area contributed by atoms with Crippen LogP contribution in [0, 0.1) is 6.92 Å². The summed E-state index contributed by atoms with van der Waals surface area (Å²) in [6.45, 7) is 7.63. The summed E-state index contributed by atoms with van der Waals surface area (Å²) in [5.74, 6) is 0. The van der Waals surface area contributed by atoms with Gasteiger partial charge in [-0.2, -0.15) is 0 Å². The van der Waals surface area contributed by atoms with E-state index < -0.39 is 0 Å². The first-order valence-electron chi connectivity index (χ1n) is 4.27. The summed E-state index contributed by atoms with van der Waals surface area (Å²) in [6, 6.07) is 4.28. The van der Waals surface area contributed by atoms with Gasteiger partial charge in [0.25, 0.3) is 0 Å². The van der Waals surface area contributed by atoms with Gasteiger partial charge in [-0.05, 0) is 19.9 Å². The van der Waals surface area contributed by atoms with E-state index in [1.165, 1.54) is 11.3 Å². The van der Waals surface area contributed by atoms with Crippen LogP contribution < -0.4 is 4.57 Å². The smallest absolute Gasteiger partial charge is 0.183 e. The molecule has 0 saturated heterocycles. The molecule has 0 aromatic carbocycles. The van der Waals surface area contributed by atoms with Crippen molar-refractivity contribution in [2.75, 3.05) is 0 Å². The molecule has 0 N–H and O–H groups in total. The largest absolute Gasteiger partial charge is 0.203 e. The zero-order chi connectivity index (χ0) is 8.27. The molecule has 1 heterocycles. The highest BCUT2D eigenvalue weighted by molar-refractivity contribution is 5.12. The zero-order valence-electron chi connectivity index (χ0n) is 7.59. The van der Waals surface area contributed by atoms with Crippen LogP contribution in [0.25, 0.3) is 0 Å². The van der Waals surface area contributed by atoms with Crippen molar-refractivity contribution >= 4 is 0 Å². The quantitative estimate of drug-likeness (QED) is 0.567. The molecule has 0 saturated carbocycles. The molecule has 1 nitrogen and oxygen atoms in total. The highest BCUT2D eigenvalue weighted by Crippen LogP contribution is 2.01. The van der Waals surface area contributed by atoms with Crippen molar-refractivity contribution in [3.05, 3.63) is 29.6 Å². The summed E-state index contributed by atoms with van der Waals surface area (Å²) in [7, 11) is 0. The van der Waals surface area contributed by atoms with Crippen LogP contribution >= 0.6 is 0 Å². The van der Waals surface area contributed by atoms with E-state index in [2.05, 4.69) is 43.7 Å². The first-order valence-corrected chi connectivity index (χ1v) is 4.27. The second kappa shape index (κ2) is 3.51. The van der Waals surface area contributed by atoms with Crippen LogP contribution in [-0.2, 0) is 13.0 Å². The minimum Gasteiger partial charge on any atom is -0.203 e. The fourth-order valence-corrected chi connectivity index (χ4v) is 1.48. The van der Waals surface area contributed by atoms with E-state index in [4.69, 9.17) is 0 Å². The zero-order valence-corrected chi connectivity index (χ0v) is 7.59. The molecular weight excluding hydrogens is 134 g/mol. The molecule has 60 valence electrons. The average Bonchev–Trinajstić information content (AvgIpc) is 2.04. The first-order chi connectivity index (χ1) is 5.29. The molecule has 1 aromatic heterocycles. The van der Waals surface area contributed by atoms with Gasteiger partial charge in [-0.15, -0.1) is 0 Å². The number of nitrogens with zero attached hydrogens (tertiary/aromatic N) is 1. The monoisotopic (exact) mass is 150 g/mol. The number of rotatable bonds is 2. The van der Waals surface area contributed by atoms with Crippen LogP contribution in [0.15, 0.2) is 18.3 Å². The Morgan fingerprint density at radius 2 is 2.09 bits per heavy atom. The summed E-state index contributed by atoms with van der Waals surface area (Å²) < 4.78 is 2.30. The molecule has 0 aliphatic rings. The van der Waals surface area contributed by atoms with Crippen molar-refractivity contribution in [3.8, 4) is 0 Å². The Labute approximate surface area is 68.7 Å². The van der Waals surface area contributed by atoms with Gasteiger partial charge in [0.2, 0.25) is 0 Å². The maximum atomic E-state index is 2.30. The summed E-state index contributed by atoms with van der Waals surface area (Å²) in [4.78, 5) is 0. The minimum absolute atomic E-state index is 1.07. The first kappa shape index (κ1) is 8.25. The van der Waals surface area contributed by atoms with E-state index in [0.717, 1.165) is 13.0 Å². The average molecular weight is 150 g/mol. The molecular formula is C10H16N+. The molecule has 1 rings (SSSR count). The van der Waals surface area contributed by atoms with Gasteiger partial charge in [0.15, 0.2) is 11.9 Å². The lowest BCUT2D eigenvalue weighted by Gasteiger charge is -2.01. The SMILES string of the molecule is CCc1c(C)ccc[n+]1CC. The van der Waals surface area contributed by atoms with Crippen molar-refractivity contribution in [3.63, 3.8) is 0 Å². The van der Waals surface area contributed by atoms with Crippen LogP contribution in [0.1, 0.15) is 25.1 Å². The van der Waals surface area contributed by atoms with E-state index in [1.807, 2.05) is 0 Å². The topological polar surface area (TPSA) is 3.88 Å². The van der Waals surface area contributed by atoms with Gasteiger partial charge in [0.1, 0.15) is 6.54 Å². The van der Waals surface area contributed by atoms with Crippen LogP contribution in [0.5, 0.6) is 0 Å². The highest BCUT2D eigenvalue weighted by atomic mass is 14.9. The Hall–Kier alpha value is -0.850. The molecule has 0 aliphatic carbocycles. The van der Waals surface area contributed by atoms with Gasteiger partial charge < -0.3 is 0 Å². The van der Waals surface area contributed by atoms with Crippen LogP contribution in [0.3, 0.4) is 0 Å². The highest BCUT2D eigenvalue weighted by Gasteiger charge is 2.07. The summed E-state index contributed by atoms with van der Waals surface area (Å²) in [5, 5.41) is 0. The molecule has 0 amide bonds. The van der Waals surface area contributed by atoms with Crippen molar-refractivity contribution in [2.24, 2.45) is 0 Å². The lowest BCUT2D eigenvalue weighted by molar-refractivity contribution is -0.701. The Kier molecular flexibility index (Phi) is 2.64. The molecule has 0 radical (unpaired) electrons. The lowest BCUT2D eigenvalue weighted by Crippen LogP contribution is -2.37. The second-order valence-corrected chi connectivity index (χ2v) is 2.78. The minimum atomic E-state index is 1.07. The Bertz CT molecular complexity index is 241. The number of hydrogen-bond acceptors (Lipinski definition) is 0. The molecule has 0 bridgehead atoms. The molecule has 0 unspecified atom stereocenters. The predicted molar refractivity (Wildman–Crippen MR) is 46.4 cm³/mol. The van der Waals surface area contributed by atoms with Crippen molar-refractivity contribution in [2.45, 2.75) is 33.7 Å². The van der Waals surface area contributed by atoms with Gasteiger partial charge in [-0.1, -0.05) is 6.92 Å². The fourth-order valence-electron chi connectivity index (χ4n) is 1.48. The third-order valence-electron chi connectivity index (χ3n) is 2.09. The number of aryl methyl sites for hydroxylation is 2. The van der Waals surface area contributed by atoms with Crippen molar-refractivity contribution < 1.29 is 4.57 Å². The molecule has 11 heavy (non-hydrogen) atoms. The normalized spacial score (nSPS) is 10.1. The van der Waals surface area contributed by atoms with Gasteiger partial charge >= 0.3 is 0 Å². The molecule has 0 fully saturated rings. The summed E-state index contributed by atoms with van der Waals surface area (Å²) in [6.07, 6.45) is 3.27. The molecule has 0 aliphatic heterocycles. The third kappa shape index (κ3) is 1.59. The van der Waals surface area contributed by atoms with Crippen LogP contribution in [0.2, 0.25) is 0 Å². The van der Waals surface area contributed by atoms with E-state index in [9.17, 15) is 0 Å². The van der Waals surface area contributed by atoms with Crippen LogP contribution in [0.4, 0.5) is 0 Å². The molecule has 0 atom stereocenters. The lowest BCUT2D eigenvalue weighted by atomic mass is 10.2. The Morgan fingerprint density at radius 1 is 1.36 bits per heavy atom. The maximum Gasteiger partial charge on any atom is 0.183 e.